The lowest BCUT2D eigenvalue weighted by molar-refractivity contribution is 0.852. The van der Waals surface area contributed by atoms with Crippen molar-refractivity contribution in [2.45, 2.75) is 6.54 Å². The number of rotatable bonds is 2. The number of nitrogens with two attached hydrogens (primary N) is 1. The van der Waals surface area contributed by atoms with Crippen molar-refractivity contribution in [2.75, 3.05) is 5.73 Å². The van der Waals surface area contributed by atoms with Gasteiger partial charge in [0.15, 0.2) is 0 Å². The van der Waals surface area contributed by atoms with Gasteiger partial charge in [0.25, 0.3) is 0 Å². The van der Waals surface area contributed by atoms with Gasteiger partial charge in [-0.05, 0) is 35.7 Å². The number of aromatic nitrogens is 1. The SMILES string of the molecule is Nc1ccc2ccn(Cc3ccc(Cl)s3)c2c1. The van der Waals surface area contributed by atoms with Gasteiger partial charge in [0.2, 0.25) is 0 Å². The number of anilines is 1. The minimum atomic E-state index is 0.793. The molecule has 2 heterocycles. The summed E-state index contributed by atoms with van der Waals surface area (Å²) >= 11 is 7.55. The molecule has 0 aliphatic carbocycles. The highest BCUT2D eigenvalue weighted by Gasteiger charge is 2.04. The van der Waals surface area contributed by atoms with E-state index < -0.39 is 0 Å². The number of hydrogen-bond donors (Lipinski definition) is 1. The maximum atomic E-state index is 5.93. The predicted octanol–water partition coefficient (Wildman–Crippen LogP) is 3.99. The molecule has 17 heavy (non-hydrogen) atoms. The summed E-state index contributed by atoms with van der Waals surface area (Å²) in [4.78, 5) is 1.25. The highest BCUT2D eigenvalue weighted by molar-refractivity contribution is 7.16. The van der Waals surface area contributed by atoms with Crippen LogP contribution in [-0.4, -0.2) is 4.57 Å². The van der Waals surface area contributed by atoms with E-state index in [-0.39, 0.29) is 0 Å². The molecule has 0 aliphatic heterocycles. The second-order valence-corrected chi connectivity index (χ2v) is 5.77. The van der Waals surface area contributed by atoms with Crippen molar-refractivity contribution in [3.05, 3.63) is 51.8 Å². The van der Waals surface area contributed by atoms with Crippen LogP contribution in [0.15, 0.2) is 42.6 Å². The summed E-state index contributed by atoms with van der Waals surface area (Å²) in [6, 6.07) is 12.1. The van der Waals surface area contributed by atoms with E-state index in [4.69, 9.17) is 17.3 Å². The number of benzene rings is 1. The van der Waals surface area contributed by atoms with E-state index in [0.29, 0.717) is 0 Å². The van der Waals surface area contributed by atoms with E-state index in [9.17, 15) is 0 Å². The number of nitrogens with zero attached hydrogens (tertiary/aromatic N) is 1. The van der Waals surface area contributed by atoms with Crippen LogP contribution in [-0.2, 0) is 6.54 Å². The Labute approximate surface area is 108 Å². The lowest BCUT2D eigenvalue weighted by Gasteiger charge is -2.03. The maximum absolute atomic E-state index is 5.93. The Bertz CT molecular complexity index is 669. The number of thiophene rings is 1. The Morgan fingerprint density at radius 1 is 1.18 bits per heavy atom. The standard InChI is InChI=1S/C13H11ClN2S/c14-13-4-3-11(17-13)8-16-6-5-9-1-2-10(15)7-12(9)16/h1-7H,8,15H2. The molecule has 4 heteroatoms. The van der Waals surface area contributed by atoms with Gasteiger partial charge in [-0.2, -0.15) is 0 Å². The lowest BCUT2D eigenvalue weighted by atomic mass is 10.2. The molecule has 0 amide bonds. The molecule has 0 saturated carbocycles. The zero-order chi connectivity index (χ0) is 11.8. The van der Waals surface area contributed by atoms with Gasteiger partial charge < -0.3 is 10.3 Å². The second kappa shape index (κ2) is 4.09. The summed E-state index contributed by atoms with van der Waals surface area (Å²) in [6.45, 7) is 0.838. The predicted molar refractivity (Wildman–Crippen MR) is 74.8 cm³/mol. The van der Waals surface area contributed by atoms with Crippen molar-refractivity contribution in [2.24, 2.45) is 0 Å². The van der Waals surface area contributed by atoms with Crippen LogP contribution in [0, 0.1) is 0 Å². The molecular weight excluding hydrogens is 252 g/mol. The van der Waals surface area contributed by atoms with Crippen LogP contribution in [0.3, 0.4) is 0 Å². The molecule has 0 bridgehead atoms. The first kappa shape index (κ1) is 10.7. The van der Waals surface area contributed by atoms with E-state index in [0.717, 1.165) is 22.1 Å². The van der Waals surface area contributed by atoms with Gasteiger partial charge in [0.1, 0.15) is 0 Å². The Morgan fingerprint density at radius 2 is 2.06 bits per heavy atom. The topological polar surface area (TPSA) is 30.9 Å². The molecular formula is C13H11ClN2S. The third-order valence-electron chi connectivity index (χ3n) is 2.75. The van der Waals surface area contributed by atoms with Crippen LogP contribution in [0.25, 0.3) is 10.9 Å². The van der Waals surface area contributed by atoms with Crippen LogP contribution < -0.4 is 5.73 Å². The molecule has 2 N–H and O–H groups in total. The molecule has 0 spiro atoms. The van der Waals surface area contributed by atoms with E-state index in [1.165, 1.54) is 10.3 Å². The molecule has 0 atom stereocenters. The first-order chi connectivity index (χ1) is 8.22. The van der Waals surface area contributed by atoms with Crippen LogP contribution in [0.4, 0.5) is 5.69 Å². The summed E-state index contributed by atoms with van der Waals surface area (Å²) in [5.74, 6) is 0. The molecule has 1 aromatic carbocycles. The van der Waals surface area contributed by atoms with Crippen molar-refractivity contribution in [3.63, 3.8) is 0 Å². The van der Waals surface area contributed by atoms with Gasteiger partial charge in [-0.15, -0.1) is 11.3 Å². The third kappa shape index (κ3) is 2.04. The Morgan fingerprint density at radius 3 is 2.82 bits per heavy atom. The molecule has 0 radical (unpaired) electrons. The smallest absolute Gasteiger partial charge is 0.0931 e. The molecule has 0 aliphatic rings. The van der Waals surface area contributed by atoms with Crippen LogP contribution in [0.5, 0.6) is 0 Å². The number of hydrogen-bond acceptors (Lipinski definition) is 2. The summed E-state index contributed by atoms with van der Waals surface area (Å²) in [7, 11) is 0. The van der Waals surface area contributed by atoms with Gasteiger partial charge in [0.05, 0.1) is 16.4 Å². The van der Waals surface area contributed by atoms with Gasteiger partial charge in [-0.3, -0.25) is 0 Å². The highest BCUT2D eigenvalue weighted by Crippen LogP contribution is 2.25. The van der Waals surface area contributed by atoms with E-state index >= 15 is 0 Å². The fourth-order valence-electron chi connectivity index (χ4n) is 1.94. The molecule has 0 fully saturated rings. The minimum Gasteiger partial charge on any atom is -0.399 e. The molecule has 3 aromatic rings. The monoisotopic (exact) mass is 262 g/mol. The average Bonchev–Trinajstić information content (AvgIpc) is 2.87. The van der Waals surface area contributed by atoms with Crippen molar-refractivity contribution >= 4 is 39.5 Å². The Balaban J connectivity index is 2.03. The first-order valence-corrected chi connectivity index (χ1v) is 6.50. The molecule has 86 valence electrons. The maximum Gasteiger partial charge on any atom is 0.0931 e. The van der Waals surface area contributed by atoms with Crippen molar-refractivity contribution in [3.8, 4) is 0 Å². The fraction of sp³-hybridized carbons (Fsp3) is 0.0769. The van der Waals surface area contributed by atoms with E-state index in [2.05, 4.69) is 22.9 Å². The number of halogens is 1. The fourth-order valence-corrected chi connectivity index (χ4v) is 3.03. The van der Waals surface area contributed by atoms with Gasteiger partial charge in [-0.25, -0.2) is 0 Å². The summed E-state index contributed by atoms with van der Waals surface area (Å²) in [6.07, 6.45) is 2.08. The van der Waals surface area contributed by atoms with Gasteiger partial charge >= 0.3 is 0 Å². The van der Waals surface area contributed by atoms with Crippen LogP contribution >= 0.6 is 22.9 Å². The summed E-state index contributed by atoms with van der Waals surface area (Å²) in [5, 5.41) is 1.21. The minimum absolute atomic E-state index is 0.793. The average molecular weight is 263 g/mol. The molecule has 2 nitrogen and oxygen atoms in total. The van der Waals surface area contributed by atoms with Crippen LogP contribution in [0.2, 0.25) is 4.34 Å². The highest BCUT2D eigenvalue weighted by atomic mass is 35.5. The van der Waals surface area contributed by atoms with Crippen LogP contribution in [0.1, 0.15) is 4.88 Å². The van der Waals surface area contributed by atoms with Crippen molar-refractivity contribution < 1.29 is 0 Å². The Kier molecular flexibility index (Phi) is 2.57. The zero-order valence-corrected chi connectivity index (χ0v) is 10.6. The Hall–Kier alpha value is -1.45. The molecule has 0 saturated heterocycles. The zero-order valence-electron chi connectivity index (χ0n) is 9.06. The van der Waals surface area contributed by atoms with Crippen molar-refractivity contribution in [1.29, 1.82) is 0 Å². The molecule has 3 rings (SSSR count). The first-order valence-electron chi connectivity index (χ1n) is 5.31. The summed E-state index contributed by atoms with van der Waals surface area (Å²) in [5.41, 5.74) is 7.77. The van der Waals surface area contributed by atoms with E-state index in [1.807, 2.05) is 24.3 Å². The number of nitrogen functional groups attached to an aromatic ring is 1. The molecule has 0 unspecified atom stereocenters. The van der Waals surface area contributed by atoms with Crippen molar-refractivity contribution in [1.82, 2.24) is 4.57 Å². The lowest BCUT2D eigenvalue weighted by Crippen LogP contribution is -1.96. The van der Waals surface area contributed by atoms with Gasteiger partial charge in [-0.1, -0.05) is 17.7 Å². The number of fused-ring (bicyclic) bond motifs is 1. The quantitative estimate of drug-likeness (QED) is 0.696. The third-order valence-corrected chi connectivity index (χ3v) is 3.97. The largest absolute Gasteiger partial charge is 0.399 e. The second-order valence-electron chi connectivity index (χ2n) is 3.97. The summed E-state index contributed by atoms with van der Waals surface area (Å²) < 4.78 is 3.02. The molecule has 2 aromatic heterocycles. The normalized spacial score (nSPS) is 11.1. The van der Waals surface area contributed by atoms with Gasteiger partial charge in [0, 0.05) is 16.8 Å². The van der Waals surface area contributed by atoms with E-state index in [1.54, 1.807) is 11.3 Å².